The van der Waals surface area contributed by atoms with Crippen molar-refractivity contribution in [1.82, 2.24) is 0 Å². The lowest BCUT2D eigenvalue weighted by atomic mass is 10.0. The van der Waals surface area contributed by atoms with E-state index in [1.54, 1.807) is 0 Å². The third-order valence-corrected chi connectivity index (χ3v) is 17.2. The Morgan fingerprint density at radius 3 is 2.10 bits per heavy atom. The molecule has 0 N–H and O–H groups in total. The predicted molar refractivity (Wildman–Crippen MR) is 127 cm³/mol. The van der Waals surface area contributed by atoms with E-state index < -0.39 is 16.4 Å². The van der Waals surface area contributed by atoms with Gasteiger partial charge in [-0.15, -0.1) is 0 Å². The minimum absolute atomic E-state index is 0.155. The summed E-state index contributed by atoms with van der Waals surface area (Å²) in [5.74, 6) is 1.18. The maximum Gasteiger partial charge on any atom is 0.250 e. The lowest BCUT2D eigenvalue weighted by molar-refractivity contribution is 0.104. The molecule has 29 heavy (non-hydrogen) atoms. The van der Waals surface area contributed by atoms with Gasteiger partial charge in [0.15, 0.2) is 5.78 Å². The molecule has 0 unspecified atom stereocenters. The molecule has 0 aliphatic carbocycles. The number of benzene rings is 2. The lowest BCUT2D eigenvalue weighted by Gasteiger charge is -2.42. The summed E-state index contributed by atoms with van der Waals surface area (Å²) < 4.78 is 6.66. The van der Waals surface area contributed by atoms with Crippen LogP contribution in [0.2, 0.25) is 30.2 Å². The summed E-state index contributed by atoms with van der Waals surface area (Å²) in [6.45, 7) is 13.6. The highest BCUT2D eigenvalue weighted by molar-refractivity contribution is 7.04. The molecule has 2 aliphatic rings. The van der Waals surface area contributed by atoms with Crippen molar-refractivity contribution in [3.8, 4) is 5.75 Å². The topological polar surface area (TPSA) is 26.3 Å². The number of carbonyl (C=O) groups is 1. The third-order valence-electron chi connectivity index (χ3n) is 7.57. The van der Waals surface area contributed by atoms with E-state index >= 15 is 0 Å². The first-order valence-electron chi connectivity index (χ1n) is 11.0. The number of hydrogen-bond donors (Lipinski definition) is 0. The third kappa shape index (κ3) is 3.34. The number of hydrogen-bond acceptors (Lipinski definition) is 2. The average molecular weight is 423 g/mol. The smallest absolute Gasteiger partial charge is 0.250 e. The Labute approximate surface area is 177 Å². The molecule has 2 aliphatic heterocycles. The van der Waals surface area contributed by atoms with Gasteiger partial charge in [-0.3, -0.25) is 4.79 Å². The average Bonchev–Trinajstić information content (AvgIpc) is 2.66. The zero-order chi connectivity index (χ0) is 21.0. The Balaban J connectivity index is 1.87. The van der Waals surface area contributed by atoms with Gasteiger partial charge in [-0.1, -0.05) is 63.8 Å². The van der Waals surface area contributed by atoms with Crippen LogP contribution in [0, 0.1) is 6.92 Å². The molecule has 0 amide bonds. The van der Waals surface area contributed by atoms with Crippen LogP contribution in [-0.2, 0) is 0 Å². The van der Waals surface area contributed by atoms with E-state index in [9.17, 15) is 4.79 Å². The zero-order valence-electron chi connectivity index (χ0n) is 18.8. The normalized spacial score (nSPS) is 18.3. The number of aryl methyl sites for hydroxylation is 1. The molecule has 4 rings (SSSR count). The van der Waals surface area contributed by atoms with Crippen LogP contribution in [0.25, 0.3) is 0 Å². The van der Waals surface area contributed by atoms with E-state index in [1.807, 2.05) is 6.07 Å². The molecule has 1 spiro atoms. The van der Waals surface area contributed by atoms with Crippen molar-refractivity contribution in [2.75, 3.05) is 0 Å². The standard InChI is InChI=1S/C25H34O2Si2/c1-18-10-12-20-22(16-18)29(14-8-7-9-15-29)23-17-19(11-13-21(23)24(20)26)27-28(5,6)25(2,3)4/h10-13,16-17H,7-9,14-15H2,1-6H3. The fourth-order valence-corrected chi connectivity index (χ4v) is 11.6. The molecule has 2 aromatic carbocycles. The Morgan fingerprint density at radius 1 is 0.897 bits per heavy atom. The van der Waals surface area contributed by atoms with Crippen molar-refractivity contribution in [1.29, 1.82) is 0 Å². The van der Waals surface area contributed by atoms with Crippen LogP contribution < -0.4 is 14.8 Å². The van der Waals surface area contributed by atoms with Gasteiger partial charge in [0.25, 0.3) is 0 Å². The second kappa shape index (κ2) is 6.95. The van der Waals surface area contributed by atoms with Crippen LogP contribution in [0.15, 0.2) is 36.4 Å². The van der Waals surface area contributed by atoms with Crippen molar-refractivity contribution < 1.29 is 9.22 Å². The van der Waals surface area contributed by atoms with Gasteiger partial charge in [0.1, 0.15) is 13.8 Å². The summed E-state index contributed by atoms with van der Waals surface area (Å²) in [5, 5.41) is 2.89. The van der Waals surface area contributed by atoms with Gasteiger partial charge in [0.2, 0.25) is 8.32 Å². The number of ketones is 1. The molecule has 0 aromatic heterocycles. The lowest BCUT2D eigenvalue weighted by Crippen LogP contribution is -2.64. The molecular weight excluding hydrogens is 388 g/mol. The summed E-state index contributed by atoms with van der Waals surface area (Å²) in [4.78, 5) is 13.4. The Hall–Kier alpha value is -1.66. The van der Waals surface area contributed by atoms with E-state index in [0.717, 1.165) is 16.9 Å². The SMILES string of the molecule is Cc1ccc2c(c1)[Si]1(CCCCC1)c1cc(O[Si](C)(C)C(C)(C)C)ccc1C2=O. The summed E-state index contributed by atoms with van der Waals surface area (Å²) in [7, 11) is -3.84. The first-order chi connectivity index (χ1) is 13.6. The fraction of sp³-hybridized carbons (Fsp3) is 0.480. The van der Waals surface area contributed by atoms with Crippen LogP contribution in [0.4, 0.5) is 0 Å². The second-order valence-electron chi connectivity index (χ2n) is 10.6. The van der Waals surface area contributed by atoms with E-state index in [4.69, 9.17) is 4.43 Å². The first kappa shape index (κ1) is 20.6. The molecular formula is C25H34O2Si2. The molecule has 1 fully saturated rings. The highest BCUT2D eigenvalue weighted by Gasteiger charge is 2.47. The molecule has 0 bridgehead atoms. The predicted octanol–water partition coefficient (Wildman–Crippen LogP) is 5.67. The summed E-state index contributed by atoms with van der Waals surface area (Å²) in [6, 6.07) is 15.4. The molecule has 0 atom stereocenters. The van der Waals surface area contributed by atoms with Crippen molar-refractivity contribution in [2.45, 2.75) is 77.2 Å². The van der Waals surface area contributed by atoms with Gasteiger partial charge in [-0.25, -0.2) is 0 Å². The van der Waals surface area contributed by atoms with Crippen LogP contribution >= 0.6 is 0 Å². The van der Waals surface area contributed by atoms with E-state index in [1.165, 1.54) is 47.3 Å². The summed E-state index contributed by atoms with van der Waals surface area (Å²) in [5.41, 5.74) is 3.18. The molecule has 0 saturated carbocycles. The van der Waals surface area contributed by atoms with Crippen molar-refractivity contribution in [3.63, 3.8) is 0 Å². The Morgan fingerprint density at radius 2 is 1.48 bits per heavy atom. The first-order valence-corrected chi connectivity index (χ1v) is 16.4. The maximum absolute atomic E-state index is 13.4. The Kier molecular flexibility index (Phi) is 4.94. The van der Waals surface area contributed by atoms with Gasteiger partial charge in [0, 0.05) is 11.1 Å². The van der Waals surface area contributed by atoms with Crippen LogP contribution in [0.3, 0.4) is 0 Å². The van der Waals surface area contributed by atoms with Gasteiger partial charge < -0.3 is 4.43 Å². The van der Waals surface area contributed by atoms with Crippen molar-refractivity contribution in [3.05, 3.63) is 53.1 Å². The molecule has 1 saturated heterocycles. The molecule has 2 aromatic rings. The zero-order valence-corrected chi connectivity index (χ0v) is 20.8. The van der Waals surface area contributed by atoms with Crippen LogP contribution in [0.5, 0.6) is 5.75 Å². The fourth-order valence-electron chi connectivity index (χ4n) is 4.86. The Bertz CT molecular complexity index is 963. The van der Waals surface area contributed by atoms with Crippen LogP contribution in [-0.4, -0.2) is 22.2 Å². The minimum atomic E-state index is -1.92. The molecule has 0 radical (unpaired) electrons. The number of rotatable bonds is 2. The van der Waals surface area contributed by atoms with Gasteiger partial charge in [-0.05, 0) is 65.7 Å². The summed E-state index contributed by atoms with van der Waals surface area (Å²) >= 11 is 0. The highest BCUT2D eigenvalue weighted by Crippen LogP contribution is 2.39. The molecule has 2 nitrogen and oxygen atoms in total. The molecule has 2 heterocycles. The van der Waals surface area contributed by atoms with E-state index in [2.05, 4.69) is 71.1 Å². The molecule has 4 heteroatoms. The number of carbonyl (C=O) groups excluding carboxylic acids is 1. The van der Waals surface area contributed by atoms with Crippen LogP contribution in [0.1, 0.15) is 61.5 Å². The van der Waals surface area contributed by atoms with Gasteiger partial charge in [0.05, 0.1) is 0 Å². The van der Waals surface area contributed by atoms with Crippen molar-refractivity contribution in [2.24, 2.45) is 0 Å². The van der Waals surface area contributed by atoms with Crippen molar-refractivity contribution >= 4 is 32.5 Å². The van der Waals surface area contributed by atoms with E-state index in [0.29, 0.717) is 0 Å². The van der Waals surface area contributed by atoms with Gasteiger partial charge >= 0.3 is 0 Å². The number of fused-ring (bicyclic) bond motifs is 4. The second-order valence-corrected chi connectivity index (χ2v) is 19.6. The quantitative estimate of drug-likeness (QED) is 0.583. The van der Waals surface area contributed by atoms with Gasteiger partial charge in [-0.2, -0.15) is 0 Å². The minimum Gasteiger partial charge on any atom is -0.544 e. The van der Waals surface area contributed by atoms with E-state index in [-0.39, 0.29) is 10.8 Å². The monoisotopic (exact) mass is 422 g/mol. The maximum atomic E-state index is 13.4. The molecule has 154 valence electrons. The largest absolute Gasteiger partial charge is 0.544 e. The summed E-state index contributed by atoms with van der Waals surface area (Å²) in [6.07, 6.45) is 3.88. The highest BCUT2D eigenvalue weighted by atomic mass is 28.4.